The average molecular weight is 383 g/mol. The standard InChI is InChI=1S/C15H27B3O7P/c1-8-13(10(6-20-3)23-14(8)16)25-26(5,19)22-7-11-12(21-4)9(2)15(18-17)24-11/h8-15H,6-7H2,1-5H3/t8?,9?,10-,11-,12-,13-,14-,15-,26?/m1/s1. The molecule has 0 N–H and O–H groups in total. The molecule has 0 amide bonds. The van der Waals surface area contributed by atoms with Crippen LogP contribution in [0.1, 0.15) is 13.8 Å². The van der Waals surface area contributed by atoms with Crippen molar-refractivity contribution < 1.29 is 32.6 Å². The number of ether oxygens (including phenoxy) is 4. The molecule has 2 saturated heterocycles. The summed E-state index contributed by atoms with van der Waals surface area (Å²) in [5.74, 6) is -0.0687. The largest absolute Gasteiger partial charge is 0.382 e. The van der Waals surface area contributed by atoms with Crippen molar-refractivity contribution in [1.29, 1.82) is 0 Å². The maximum atomic E-state index is 12.8. The molecule has 9 atom stereocenters. The van der Waals surface area contributed by atoms with Crippen LogP contribution in [0.4, 0.5) is 0 Å². The monoisotopic (exact) mass is 383 g/mol. The lowest BCUT2D eigenvalue weighted by Crippen LogP contribution is -2.33. The molecule has 2 fully saturated rings. The molecule has 3 unspecified atom stereocenters. The van der Waals surface area contributed by atoms with E-state index >= 15 is 0 Å². The molecule has 0 saturated carbocycles. The average Bonchev–Trinajstić information content (AvgIpc) is 3.04. The molecule has 0 aliphatic carbocycles. The van der Waals surface area contributed by atoms with Gasteiger partial charge in [0.25, 0.3) is 0 Å². The van der Waals surface area contributed by atoms with Crippen LogP contribution >= 0.6 is 7.60 Å². The quantitative estimate of drug-likeness (QED) is 0.426. The first kappa shape index (κ1) is 22.5. The van der Waals surface area contributed by atoms with Crippen molar-refractivity contribution in [1.82, 2.24) is 0 Å². The van der Waals surface area contributed by atoms with Crippen LogP contribution in [-0.2, 0) is 32.6 Å². The van der Waals surface area contributed by atoms with Gasteiger partial charge in [-0.1, -0.05) is 13.8 Å². The highest BCUT2D eigenvalue weighted by atomic mass is 31.2. The molecule has 0 aromatic heterocycles. The van der Waals surface area contributed by atoms with E-state index in [4.69, 9.17) is 43.6 Å². The Morgan fingerprint density at radius 2 is 1.73 bits per heavy atom. The Morgan fingerprint density at radius 1 is 1.08 bits per heavy atom. The van der Waals surface area contributed by atoms with Gasteiger partial charge in [-0.3, -0.25) is 4.57 Å². The van der Waals surface area contributed by atoms with Crippen LogP contribution in [0, 0.1) is 11.8 Å². The normalized spacial score (nSPS) is 42.7. The van der Waals surface area contributed by atoms with E-state index in [0.29, 0.717) is 6.61 Å². The molecule has 11 heteroatoms. The molecule has 5 radical (unpaired) electrons. The van der Waals surface area contributed by atoms with Crippen LogP contribution in [0.2, 0.25) is 0 Å². The molecule has 0 spiro atoms. The van der Waals surface area contributed by atoms with E-state index in [1.54, 1.807) is 14.2 Å². The van der Waals surface area contributed by atoms with Crippen molar-refractivity contribution in [3.63, 3.8) is 0 Å². The molecule has 0 bridgehead atoms. The molecule has 0 aromatic rings. The topological polar surface area (TPSA) is 72.5 Å². The Hall–Kier alpha value is 0.185. The molecule has 7 nitrogen and oxygen atoms in total. The fourth-order valence-electron chi connectivity index (χ4n) is 3.50. The van der Waals surface area contributed by atoms with Gasteiger partial charge in [-0.25, -0.2) is 0 Å². The van der Waals surface area contributed by atoms with E-state index in [2.05, 4.69) is 0 Å². The van der Waals surface area contributed by atoms with E-state index in [9.17, 15) is 4.57 Å². The van der Waals surface area contributed by atoms with Crippen LogP contribution in [0.5, 0.6) is 0 Å². The van der Waals surface area contributed by atoms with E-state index in [1.165, 1.54) is 13.8 Å². The third-order valence-electron chi connectivity index (χ3n) is 5.05. The SMILES string of the molecule is [B][B][C@@H]1O[C@H](COP(C)(=O)O[C@@H]2C(C)[C@H]([B])O[C@@H]2COC)[C@H](OC)C1C. The molecule has 2 aliphatic heterocycles. The zero-order valence-electron chi connectivity index (χ0n) is 16.1. The fourth-order valence-corrected chi connectivity index (χ4v) is 4.75. The van der Waals surface area contributed by atoms with Crippen LogP contribution in [0.15, 0.2) is 0 Å². The minimum Gasteiger partial charge on any atom is -0.382 e. The van der Waals surface area contributed by atoms with Gasteiger partial charge < -0.3 is 28.0 Å². The first-order valence-corrected chi connectivity index (χ1v) is 10.8. The molecule has 2 heterocycles. The molecule has 26 heavy (non-hydrogen) atoms. The summed E-state index contributed by atoms with van der Waals surface area (Å²) in [6.07, 6.45) is -1.46. The van der Waals surface area contributed by atoms with Crippen molar-refractivity contribution in [2.24, 2.45) is 11.8 Å². The van der Waals surface area contributed by atoms with Crippen LogP contribution in [-0.4, -0.2) is 93.3 Å². The molecule has 0 aromatic carbocycles. The molecular weight excluding hydrogens is 356 g/mol. The maximum Gasteiger partial charge on any atom is 0.328 e. The summed E-state index contributed by atoms with van der Waals surface area (Å²) in [5.41, 5.74) is 0. The lowest BCUT2D eigenvalue weighted by Gasteiger charge is -2.26. The van der Waals surface area contributed by atoms with Crippen molar-refractivity contribution in [3.05, 3.63) is 0 Å². The second-order valence-corrected chi connectivity index (χ2v) is 8.99. The van der Waals surface area contributed by atoms with Gasteiger partial charge in [0.15, 0.2) is 0 Å². The Morgan fingerprint density at radius 3 is 2.31 bits per heavy atom. The predicted octanol–water partition coefficient (Wildman–Crippen LogP) is 0.551. The Kier molecular flexibility index (Phi) is 8.29. The zero-order valence-corrected chi connectivity index (χ0v) is 17.0. The van der Waals surface area contributed by atoms with E-state index in [-0.39, 0.29) is 36.7 Å². The second kappa shape index (κ2) is 9.59. The molecular formula is C15H27B3O7P. The Balaban J connectivity index is 1.95. The Labute approximate surface area is 159 Å². The number of hydrogen-bond acceptors (Lipinski definition) is 7. The summed E-state index contributed by atoms with van der Waals surface area (Å²) >= 11 is 0. The molecule has 2 aliphatic rings. The summed E-state index contributed by atoms with van der Waals surface area (Å²) < 4.78 is 46.3. The molecule has 143 valence electrons. The summed E-state index contributed by atoms with van der Waals surface area (Å²) in [7, 11) is 12.8. The van der Waals surface area contributed by atoms with Gasteiger partial charge in [-0.15, -0.1) is 0 Å². The van der Waals surface area contributed by atoms with E-state index in [1.807, 2.05) is 13.8 Å². The van der Waals surface area contributed by atoms with Gasteiger partial charge in [0.2, 0.25) is 0 Å². The van der Waals surface area contributed by atoms with Crippen molar-refractivity contribution in [3.8, 4) is 0 Å². The van der Waals surface area contributed by atoms with Gasteiger partial charge >= 0.3 is 7.60 Å². The number of hydrogen-bond donors (Lipinski definition) is 0. The zero-order chi connectivity index (χ0) is 19.5. The maximum absolute atomic E-state index is 12.8. The fraction of sp³-hybridized carbons (Fsp3) is 1.00. The highest BCUT2D eigenvalue weighted by molar-refractivity contribution is 7.53. The smallest absolute Gasteiger partial charge is 0.328 e. The highest BCUT2D eigenvalue weighted by Gasteiger charge is 2.45. The van der Waals surface area contributed by atoms with Crippen molar-refractivity contribution >= 4 is 30.3 Å². The van der Waals surface area contributed by atoms with Gasteiger partial charge in [0.1, 0.15) is 20.1 Å². The first-order chi connectivity index (χ1) is 12.2. The second-order valence-electron chi connectivity index (χ2n) is 6.98. The highest BCUT2D eigenvalue weighted by Crippen LogP contribution is 2.49. The van der Waals surface area contributed by atoms with Crippen LogP contribution in [0.3, 0.4) is 0 Å². The molecule has 2 rings (SSSR count). The van der Waals surface area contributed by atoms with Gasteiger partial charge in [0, 0.05) is 52.5 Å². The first-order valence-electron chi connectivity index (χ1n) is 8.77. The summed E-state index contributed by atoms with van der Waals surface area (Å²) in [5, 5.41) is 0. The van der Waals surface area contributed by atoms with E-state index in [0.717, 1.165) is 0 Å². The number of methoxy groups -OCH3 is 2. The Bertz CT molecular complexity index is 500. The minimum absolute atomic E-state index is 0.0723. The summed E-state index contributed by atoms with van der Waals surface area (Å²) in [4.78, 5) is 0. The van der Waals surface area contributed by atoms with Crippen molar-refractivity contribution in [2.45, 2.75) is 50.3 Å². The predicted molar refractivity (Wildman–Crippen MR) is 99.9 cm³/mol. The van der Waals surface area contributed by atoms with Crippen LogP contribution in [0.25, 0.3) is 0 Å². The minimum atomic E-state index is -3.37. The summed E-state index contributed by atoms with van der Waals surface area (Å²) in [6.45, 7) is 5.67. The third-order valence-corrected chi connectivity index (χ3v) is 6.29. The third kappa shape index (κ3) is 5.16. The van der Waals surface area contributed by atoms with Gasteiger partial charge in [0.05, 0.1) is 32.6 Å². The number of rotatable bonds is 9. The lowest BCUT2D eigenvalue weighted by molar-refractivity contribution is -0.0306. The van der Waals surface area contributed by atoms with Crippen molar-refractivity contribution in [2.75, 3.05) is 34.1 Å². The lowest BCUT2D eigenvalue weighted by atomic mass is 9.49. The van der Waals surface area contributed by atoms with Gasteiger partial charge in [-0.05, 0) is 0 Å². The van der Waals surface area contributed by atoms with Crippen LogP contribution < -0.4 is 0 Å². The summed E-state index contributed by atoms with van der Waals surface area (Å²) in [6, 6.07) is -0.740. The van der Waals surface area contributed by atoms with E-state index < -0.39 is 25.8 Å². The van der Waals surface area contributed by atoms with Gasteiger partial charge in [-0.2, -0.15) is 0 Å².